The summed E-state index contributed by atoms with van der Waals surface area (Å²) in [6.07, 6.45) is 3.39. The van der Waals surface area contributed by atoms with Crippen LogP contribution in [0.4, 0.5) is 0 Å². The van der Waals surface area contributed by atoms with Crippen LogP contribution in [0.5, 0.6) is 0 Å². The quantitative estimate of drug-likeness (QED) is 0.742. The first kappa shape index (κ1) is 14.6. The lowest BCUT2D eigenvalue weighted by molar-refractivity contribution is -0.121. The van der Waals surface area contributed by atoms with Gasteiger partial charge < -0.3 is 9.88 Å². The molecule has 8 nitrogen and oxygen atoms in total. The predicted molar refractivity (Wildman–Crippen MR) is 86.2 cm³/mol. The van der Waals surface area contributed by atoms with E-state index in [4.69, 9.17) is 0 Å². The molecule has 0 aliphatic carbocycles. The van der Waals surface area contributed by atoms with Crippen LogP contribution in [0.25, 0.3) is 10.9 Å². The molecule has 24 heavy (non-hydrogen) atoms. The number of para-hydroxylation sites is 1. The van der Waals surface area contributed by atoms with Gasteiger partial charge in [-0.2, -0.15) is 0 Å². The van der Waals surface area contributed by atoms with Gasteiger partial charge in [0.25, 0.3) is 5.56 Å². The van der Waals surface area contributed by atoms with Gasteiger partial charge in [-0.25, -0.2) is 4.98 Å². The Morgan fingerprint density at radius 1 is 1.25 bits per heavy atom. The number of carbonyl (C=O) groups is 1. The molecule has 8 heteroatoms. The van der Waals surface area contributed by atoms with Crippen molar-refractivity contribution in [2.45, 2.75) is 32.5 Å². The molecule has 3 heterocycles. The fourth-order valence-electron chi connectivity index (χ4n) is 2.95. The molecule has 2 aromatic heterocycles. The third-order valence-corrected chi connectivity index (χ3v) is 4.18. The number of benzene rings is 1. The third kappa shape index (κ3) is 2.55. The average Bonchev–Trinajstić information content (AvgIpc) is 3.20. The summed E-state index contributed by atoms with van der Waals surface area (Å²) in [7, 11) is 0. The van der Waals surface area contributed by atoms with E-state index in [0.717, 1.165) is 31.0 Å². The molecule has 0 atom stereocenters. The van der Waals surface area contributed by atoms with Gasteiger partial charge >= 0.3 is 0 Å². The number of fused-ring (bicyclic) bond motifs is 2. The van der Waals surface area contributed by atoms with Crippen LogP contribution >= 0.6 is 0 Å². The Labute approximate surface area is 137 Å². The van der Waals surface area contributed by atoms with Gasteiger partial charge in [-0.05, 0) is 18.6 Å². The summed E-state index contributed by atoms with van der Waals surface area (Å²) in [5.41, 5.74) is 0.400. The van der Waals surface area contributed by atoms with E-state index < -0.39 is 0 Å². The topological polar surface area (TPSA) is 94.7 Å². The maximum Gasteiger partial charge on any atom is 0.261 e. The van der Waals surface area contributed by atoms with Crippen LogP contribution in [0.3, 0.4) is 0 Å². The van der Waals surface area contributed by atoms with Crippen LogP contribution < -0.4 is 10.9 Å². The standard InChI is InChI=1S/C16H16N6O2/c23-15(17-8-14-20-19-13-6-3-7-22(13)14)9-21-10-18-12-5-2-1-4-11(12)16(21)24/h1-2,4-5,10H,3,6-9H2,(H,17,23). The second-order valence-corrected chi connectivity index (χ2v) is 5.76. The Hall–Kier alpha value is -3.03. The number of aryl methyl sites for hydroxylation is 1. The van der Waals surface area contributed by atoms with E-state index in [1.165, 1.54) is 10.9 Å². The van der Waals surface area contributed by atoms with Crippen molar-refractivity contribution in [3.8, 4) is 0 Å². The molecule has 4 rings (SSSR count). The molecule has 0 saturated heterocycles. The minimum Gasteiger partial charge on any atom is -0.347 e. The molecule has 1 aliphatic heterocycles. The molecule has 1 amide bonds. The number of nitrogens with one attached hydrogen (secondary N) is 1. The van der Waals surface area contributed by atoms with E-state index in [1.54, 1.807) is 18.2 Å². The van der Waals surface area contributed by atoms with Gasteiger partial charge in [-0.1, -0.05) is 12.1 Å². The molecule has 1 aliphatic rings. The van der Waals surface area contributed by atoms with E-state index in [2.05, 4.69) is 20.5 Å². The molecule has 0 bridgehead atoms. The van der Waals surface area contributed by atoms with Crippen molar-refractivity contribution in [3.63, 3.8) is 0 Å². The first-order valence-corrected chi connectivity index (χ1v) is 7.84. The van der Waals surface area contributed by atoms with E-state index >= 15 is 0 Å². The van der Waals surface area contributed by atoms with Crippen molar-refractivity contribution < 1.29 is 4.79 Å². The minimum atomic E-state index is -0.260. The first-order valence-electron chi connectivity index (χ1n) is 7.84. The third-order valence-electron chi connectivity index (χ3n) is 4.18. The van der Waals surface area contributed by atoms with Crippen LogP contribution in [0.15, 0.2) is 35.4 Å². The molecule has 122 valence electrons. The molecular weight excluding hydrogens is 308 g/mol. The van der Waals surface area contributed by atoms with Gasteiger partial charge in [-0.3, -0.25) is 14.2 Å². The lowest BCUT2D eigenvalue weighted by atomic mass is 10.2. The normalized spacial score (nSPS) is 13.2. The summed E-state index contributed by atoms with van der Waals surface area (Å²) in [5, 5.41) is 11.5. The minimum absolute atomic E-state index is 0.0718. The molecular formula is C16H16N6O2. The van der Waals surface area contributed by atoms with Crippen LogP contribution in [0.2, 0.25) is 0 Å². The largest absolute Gasteiger partial charge is 0.347 e. The molecule has 3 aromatic rings. The number of aromatic nitrogens is 5. The Morgan fingerprint density at radius 3 is 3.04 bits per heavy atom. The molecule has 0 unspecified atom stereocenters. The molecule has 0 fully saturated rings. The maximum absolute atomic E-state index is 12.4. The summed E-state index contributed by atoms with van der Waals surface area (Å²) in [6, 6.07) is 7.08. The zero-order valence-corrected chi connectivity index (χ0v) is 13.0. The van der Waals surface area contributed by atoms with Crippen LogP contribution in [0.1, 0.15) is 18.1 Å². The zero-order chi connectivity index (χ0) is 16.5. The number of carbonyl (C=O) groups excluding carboxylic acids is 1. The SMILES string of the molecule is O=C(Cn1cnc2ccccc2c1=O)NCc1nnc2n1CCC2. The molecule has 0 spiro atoms. The Morgan fingerprint density at radius 2 is 2.12 bits per heavy atom. The average molecular weight is 324 g/mol. The summed E-state index contributed by atoms with van der Waals surface area (Å²) in [6.45, 7) is 1.13. The van der Waals surface area contributed by atoms with Crippen molar-refractivity contribution in [3.05, 3.63) is 52.6 Å². The fraction of sp³-hybridized carbons (Fsp3) is 0.312. The van der Waals surface area contributed by atoms with Gasteiger partial charge in [0.15, 0.2) is 5.82 Å². The van der Waals surface area contributed by atoms with Crippen molar-refractivity contribution in [1.29, 1.82) is 0 Å². The molecule has 0 radical (unpaired) electrons. The highest BCUT2D eigenvalue weighted by Gasteiger charge is 2.17. The number of hydrogen-bond donors (Lipinski definition) is 1. The predicted octanol–water partition coefficient (Wildman–Crippen LogP) is 0.251. The summed E-state index contributed by atoms with van der Waals surface area (Å²) in [4.78, 5) is 28.7. The van der Waals surface area contributed by atoms with Gasteiger partial charge in [0, 0.05) is 13.0 Å². The second kappa shape index (κ2) is 5.88. The van der Waals surface area contributed by atoms with Crippen molar-refractivity contribution >= 4 is 16.8 Å². The number of nitrogens with zero attached hydrogens (tertiary/aromatic N) is 5. The van der Waals surface area contributed by atoms with E-state index in [9.17, 15) is 9.59 Å². The lowest BCUT2D eigenvalue weighted by Gasteiger charge is -2.08. The van der Waals surface area contributed by atoms with E-state index in [0.29, 0.717) is 17.4 Å². The summed E-state index contributed by atoms with van der Waals surface area (Å²) < 4.78 is 3.34. The first-order chi connectivity index (χ1) is 11.7. The zero-order valence-electron chi connectivity index (χ0n) is 13.0. The summed E-state index contributed by atoms with van der Waals surface area (Å²) >= 11 is 0. The van der Waals surface area contributed by atoms with E-state index in [-0.39, 0.29) is 18.0 Å². The highest BCUT2D eigenvalue weighted by atomic mass is 16.2. The highest BCUT2D eigenvalue weighted by molar-refractivity contribution is 5.78. The molecule has 0 saturated carbocycles. The fourth-order valence-corrected chi connectivity index (χ4v) is 2.95. The van der Waals surface area contributed by atoms with Gasteiger partial charge in [0.2, 0.25) is 5.91 Å². The molecule has 1 aromatic carbocycles. The smallest absolute Gasteiger partial charge is 0.261 e. The van der Waals surface area contributed by atoms with Crippen LogP contribution in [-0.2, 0) is 30.8 Å². The van der Waals surface area contributed by atoms with Gasteiger partial charge in [0.05, 0.1) is 23.8 Å². The number of amides is 1. The monoisotopic (exact) mass is 324 g/mol. The number of hydrogen-bond acceptors (Lipinski definition) is 5. The second-order valence-electron chi connectivity index (χ2n) is 5.76. The van der Waals surface area contributed by atoms with Crippen LogP contribution in [0, 0.1) is 0 Å². The van der Waals surface area contributed by atoms with Crippen molar-refractivity contribution in [2.24, 2.45) is 0 Å². The van der Waals surface area contributed by atoms with E-state index in [1.807, 2.05) is 10.6 Å². The Kier molecular flexibility index (Phi) is 3.56. The lowest BCUT2D eigenvalue weighted by Crippen LogP contribution is -2.32. The number of rotatable bonds is 4. The Balaban J connectivity index is 1.46. The maximum atomic E-state index is 12.4. The Bertz CT molecular complexity index is 974. The van der Waals surface area contributed by atoms with Gasteiger partial charge in [0.1, 0.15) is 12.4 Å². The van der Waals surface area contributed by atoms with Gasteiger partial charge in [-0.15, -0.1) is 10.2 Å². The molecule has 1 N–H and O–H groups in total. The van der Waals surface area contributed by atoms with Crippen molar-refractivity contribution in [2.75, 3.05) is 0 Å². The highest BCUT2D eigenvalue weighted by Crippen LogP contribution is 2.13. The van der Waals surface area contributed by atoms with Crippen LogP contribution in [-0.4, -0.2) is 30.2 Å². The summed E-state index contributed by atoms with van der Waals surface area (Å²) in [5.74, 6) is 1.46. The van der Waals surface area contributed by atoms with Crippen molar-refractivity contribution in [1.82, 2.24) is 29.6 Å².